The van der Waals surface area contributed by atoms with Crippen molar-refractivity contribution >= 4 is 5.69 Å². The van der Waals surface area contributed by atoms with Crippen molar-refractivity contribution in [3.63, 3.8) is 0 Å². The van der Waals surface area contributed by atoms with Crippen molar-refractivity contribution in [3.8, 4) is 11.5 Å². The van der Waals surface area contributed by atoms with Gasteiger partial charge < -0.3 is 9.73 Å². The number of nitrogens with one attached hydrogen (secondary N) is 2. The predicted molar refractivity (Wildman–Crippen MR) is 84.3 cm³/mol. The third-order valence-corrected chi connectivity index (χ3v) is 3.41. The summed E-state index contributed by atoms with van der Waals surface area (Å²) in [5.41, 5.74) is 5.65. The summed E-state index contributed by atoms with van der Waals surface area (Å²) in [7, 11) is 0. The molecule has 0 saturated heterocycles. The first-order valence-electron chi connectivity index (χ1n) is 7.03. The normalized spacial score (nSPS) is 10.8. The van der Waals surface area contributed by atoms with Gasteiger partial charge >= 0.3 is 0 Å². The molecule has 0 aliphatic carbocycles. The van der Waals surface area contributed by atoms with Crippen LogP contribution < -0.4 is 5.32 Å². The van der Waals surface area contributed by atoms with Crippen molar-refractivity contribution in [2.24, 2.45) is 0 Å². The smallest absolute Gasteiger partial charge is 0.152 e. The van der Waals surface area contributed by atoms with Gasteiger partial charge in [0.15, 0.2) is 5.76 Å². The molecule has 2 N–H and O–H groups in total. The maximum absolute atomic E-state index is 5.66. The Morgan fingerprint density at radius 3 is 2.52 bits per heavy atom. The first-order valence-corrected chi connectivity index (χ1v) is 7.03. The molecule has 0 spiro atoms. The second kappa shape index (κ2) is 5.48. The van der Waals surface area contributed by atoms with E-state index in [4.69, 9.17) is 4.42 Å². The van der Waals surface area contributed by atoms with Crippen LogP contribution in [-0.4, -0.2) is 10.2 Å². The van der Waals surface area contributed by atoms with Gasteiger partial charge in [-0.3, -0.25) is 5.10 Å². The Balaban J connectivity index is 1.78. The van der Waals surface area contributed by atoms with Crippen LogP contribution >= 0.6 is 0 Å². The average molecular weight is 281 g/mol. The fraction of sp³-hybridized carbons (Fsp3) is 0.235. The van der Waals surface area contributed by atoms with Crippen LogP contribution in [0.5, 0.6) is 0 Å². The van der Waals surface area contributed by atoms with Gasteiger partial charge in [0.2, 0.25) is 0 Å². The number of hydrogen-bond acceptors (Lipinski definition) is 3. The highest BCUT2D eigenvalue weighted by Crippen LogP contribution is 2.24. The van der Waals surface area contributed by atoms with Gasteiger partial charge in [0.05, 0.1) is 6.20 Å². The lowest BCUT2D eigenvalue weighted by atomic mass is 10.1. The van der Waals surface area contributed by atoms with E-state index in [0.29, 0.717) is 6.54 Å². The summed E-state index contributed by atoms with van der Waals surface area (Å²) in [6.45, 7) is 6.85. The van der Waals surface area contributed by atoms with Gasteiger partial charge in [0, 0.05) is 17.8 Å². The summed E-state index contributed by atoms with van der Waals surface area (Å²) in [6.07, 6.45) is 1.84. The molecule has 3 rings (SSSR count). The summed E-state index contributed by atoms with van der Waals surface area (Å²) in [5, 5.41) is 10.6. The van der Waals surface area contributed by atoms with Crippen LogP contribution in [0.15, 0.2) is 40.9 Å². The topological polar surface area (TPSA) is 53.9 Å². The molecule has 0 aliphatic heterocycles. The molecular weight excluding hydrogens is 262 g/mol. The van der Waals surface area contributed by atoms with Crippen molar-refractivity contribution in [2.75, 3.05) is 5.32 Å². The third-order valence-electron chi connectivity index (χ3n) is 3.41. The lowest BCUT2D eigenvalue weighted by molar-refractivity contribution is 0.545. The van der Waals surface area contributed by atoms with E-state index in [-0.39, 0.29) is 0 Å². The summed E-state index contributed by atoms with van der Waals surface area (Å²) < 4.78 is 5.66. The van der Waals surface area contributed by atoms with Gasteiger partial charge in [-0.2, -0.15) is 5.10 Å². The van der Waals surface area contributed by atoms with Gasteiger partial charge in [-0.15, -0.1) is 0 Å². The van der Waals surface area contributed by atoms with Gasteiger partial charge in [-0.25, -0.2) is 0 Å². The minimum atomic E-state index is 0.703. The monoisotopic (exact) mass is 281 g/mol. The van der Waals surface area contributed by atoms with Crippen molar-refractivity contribution < 1.29 is 4.42 Å². The number of anilines is 1. The number of rotatable bonds is 4. The zero-order valence-electron chi connectivity index (χ0n) is 12.5. The minimum absolute atomic E-state index is 0.703. The lowest BCUT2D eigenvalue weighted by Crippen LogP contribution is -2.00. The lowest BCUT2D eigenvalue weighted by Gasteiger charge is -2.08. The van der Waals surface area contributed by atoms with Gasteiger partial charge in [0.25, 0.3) is 0 Å². The fourth-order valence-electron chi connectivity index (χ4n) is 2.50. The summed E-state index contributed by atoms with van der Waals surface area (Å²) in [5.74, 6) is 1.72. The van der Waals surface area contributed by atoms with Crippen molar-refractivity contribution in [1.29, 1.82) is 0 Å². The third kappa shape index (κ3) is 2.99. The standard InChI is InChI=1S/C17H19N3O/c1-11-6-12(2)8-15(7-11)18-9-14-10-19-20-17(14)16-5-4-13(3)21-16/h4-8,10,18H,9H2,1-3H3,(H,19,20). The molecule has 0 aliphatic rings. The molecule has 1 aromatic carbocycles. The highest BCUT2D eigenvalue weighted by atomic mass is 16.3. The van der Waals surface area contributed by atoms with E-state index in [0.717, 1.165) is 28.5 Å². The maximum Gasteiger partial charge on any atom is 0.152 e. The molecule has 0 unspecified atom stereocenters. The molecule has 0 fully saturated rings. The Kier molecular flexibility index (Phi) is 3.52. The van der Waals surface area contributed by atoms with Gasteiger partial charge in [-0.05, 0) is 56.2 Å². The number of aromatic nitrogens is 2. The highest BCUT2D eigenvalue weighted by Gasteiger charge is 2.11. The second-order valence-corrected chi connectivity index (χ2v) is 5.41. The number of aryl methyl sites for hydroxylation is 3. The van der Waals surface area contributed by atoms with E-state index >= 15 is 0 Å². The van der Waals surface area contributed by atoms with E-state index in [9.17, 15) is 0 Å². The molecule has 21 heavy (non-hydrogen) atoms. The van der Waals surface area contributed by atoms with E-state index in [1.54, 1.807) is 0 Å². The first kappa shape index (κ1) is 13.5. The molecular formula is C17H19N3O. The number of furan rings is 1. The molecule has 2 heterocycles. The molecule has 0 saturated carbocycles. The van der Waals surface area contributed by atoms with Crippen LogP contribution in [-0.2, 0) is 6.54 Å². The summed E-state index contributed by atoms with van der Waals surface area (Å²) in [6, 6.07) is 10.4. The van der Waals surface area contributed by atoms with Crippen LogP contribution in [0, 0.1) is 20.8 Å². The summed E-state index contributed by atoms with van der Waals surface area (Å²) >= 11 is 0. The van der Waals surface area contributed by atoms with Crippen molar-refractivity contribution in [2.45, 2.75) is 27.3 Å². The Morgan fingerprint density at radius 2 is 1.86 bits per heavy atom. The largest absolute Gasteiger partial charge is 0.460 e. The Hall–Kier alpha value is -2.49. The predicted octanol–water partition coefficient (Wildman–Crippen LogP) is 4.21. The quantitative estimate of drug-likeness (QED) is 0.753. The molecule has 0 radical (unpaired) electrons. The Morgan fingerprint density at radius 1 is 1.10 bits per heavy atom. The zero-order chi connectivity index (χ0) is 14.8. The van der Waals surface area contributed by atoms with E-state index in [1.165, 1.54) is 11.1 Å². The number of hydrogen-bond donors (Lipinski definition) is 2. The minimum Gasteiger partial charge on any atom is -0.460 e. The van der Waals surface area contributed by atoms with Crippen LogP contribution in [0.2, 0.25) is 0 Å². The zero-order valence-corrected chi connectivity index (χ0v) is 12.5. The van der Waals surface area contributed by atoms with E-state index < -0.39 is 0 Å². The average Bonchev–Trinajstić information content (AvgIpc) is 3.03. The second-order valence-electron chi connectivity index (χ2n) is 5.41. The SMILES string of the molecule is Cc1cc(C)cc(NCc2cn[nH]c2-c2ccc(C)o2)c1. The van der Waals surface area contributed by atoms with E-state index in [2.05, 4.69) is 47.6 Å². The molecule has 2 aromatic heterocycles. The van der Waals surface area contributed by atoms with Crippen molar-refractivity contribution in [3.05, 3.63) is 59.0 Å². The molecule has 3 aromatic rings. The molecule has 4 heteroatoms. The number of aromatic amines is 1. The number of nitrogens with zero attached hydrogens (tertiary/aromatic N) is 1. The summed E-state index contributed by atoms with van der Waals surface area (Å²) in [4.78, 5) is 0. The van der Waals surface area contributed by atoms with Crippen LogP contribution in [0.1, 0.15) is 22.5 Å². The number of H-pyrrole nitrogens is 1. The fourth-order valence-corrected chi connectivity index (χ4v) is 2.50. The first-order chi connectivity index (χ1) is 10.1. The Labute approximate surface area is 124 Å². The van der Waals surface area contributed by atoms with Gasteiger partial charge in [-0.1, -0.05) is 6.07 Å². The van der Waals surface area contributed by atoms with E-state index in [1.807, 2.05) is 25.3 Å². The van der Waals surface area contributed by atoms with Crippen LogP contribution in [0.4, 0.5) is 5.69 Å². The van der Waals surface area contributed by atoms with Crippen LogP contribution in [0.25, 0.3) is 11.5 Å². The maximum atomic E-state index is 5.66. The molecule has 4 nitrogen and oxygen atoms in total. The number of benzene rings is 1. The van der Waals surface area contributed by atoms with Crippen LogP contribution in [0.3, 0.4) is 0 Å². The molecule has 0 amide bonds. The molecule has 0 bridgehead atoms. The van der Waals surface area contributed by atoms with Gasteiger partial charge in [0.1, 0.15) is 11.5 Å². The highest BCUT2D eigenvalue weighted by molar-refractivity contribution is 5.58. The van der Waals surface area contributed by atoms with Crippen molar-refractivity contribution in [1.82, 2.24) is 10.2 Å². The Bertz CT molecular complexity index is 735. The molecule has 0 atom stereocenters. The molecule has 108 valence electrons.